The van der Waals surface area contributed by atoms with E-state index in [4.69, 9.17) is 20.4 Å². The monoisotopic (exact) mass is 533 g/mol. The number of hydrogen-bond acceptors (Lipinski definition) is 8. The van der Waals surface area contributed by atoms with Crippen LogP contribution in [0.3, 0.4) is 0 Å². The van der Waals surface area contributed by atoms with E-state index < -0.39 is 6.36 Å². The molecule has 1 aromatic carbocycles. The lowest BCUT2D eigenvalue weighted by Crippen LogP contribution is -2.33. The normalized spacial score (nSPS) is 24.2. The molecule has 38 heavy (non-hydrogen) atoms. The predicted molar refractivity (Wildman–Crippen MR) is 134 cm³/mol. The molecule has 5 rings (SSSR count). The minimum Gasteiger partial charge on any atom is -0.406 e. The number of nitrogens with zero attached hydrogens (tertiary/aromatic N) is 4. The number of carbonyl (C=O) groups is 1. The van der Waals surface area contributed by atoms with E-state index >= 15 is 0 Å². The van der Waals surface area contributed by atoms with Gasteiger partial charge < -0.3 is 25.8 Å². The van der Waals surface area contributed by atoms with Crippen LogP contribution >= 0.6 is 0 Å². The Bertz CT molecular complexity index is 1270. The molecule has 3 aromatic rings. The van der Waals surface area contributed by atoms with Crippen molar-refractivity contribution in [3.63, 3.8) is 0 Å². The lowest BCUT2D eigenvalue weighted by molar-refractivity contribution is -0.274. The number of nitrogens with one attached hydrogen (secondary N) is 2. The molecule has 0 radical (unpaired) electrons. The SMILES string of the molecule is C[C@H]1C[C@@H](Nc2ncc3nc(Nc4ccc(OC(F)(F)F)cc4)n(C4CCC(C(N)=O)CC4)c3n2)CCO1. The van der Waals surface area contributed by atoms with Crippen LogP contribution < -0.4 is 21.1 Å². The molecular weight excluding hydrogens is 503 g/mol. The molecule has 3 heterocycles. The van der Waals surface area contributed by atoms with Crippen LogP contribution in [-0.2, 0) is 9.53 Å². The van der Waals surface area contributed by atoms with Crippen molar-refractivity contribution in [2.45, 2.75) is 70.0 Å². The highest BCUT2D eigenvalue weighted by molar-refractivity contribution is 5.78. The standard InChI is InChI=1S/C25H30F3N7O3/c1-14-12-17(10-11-37-14)31-23-30-13-20-22(34-23)35(18-6-2-15(3-7-18)21(29)36)24(33-20)32-16-4-8-19(9-5-16)38-25(26,27)28/h4-5,8-9,13-15,17-18H,2-3,6-7,10-12H2,1H3,(H2,29,36)(H,32,33)(H,30,31,34)/t14-,15?,17-,18?/m0/s1. The fraction of sp³-hybridized carbons (Fsp3) is 0.520. The van der Waals surface area contributed by atoms with Gasteiger partial charge in [-0.15, -0.1) is 13.2 Å². The van der Waals surface area contributed by atoms with E-state index in [0.717, 1.165) is 12.8 Å². The van der Waals surface area contributed by atoms with Crippen molar-refractivity contribution in [1.29, 1.82) is 0 Å². The number of imidazole rings is 1. The summed E-state index contributed by atoms with van der Waals surface area (Å²) in [6.07, 6.45) is 1.45. The van der Waals surface area contributed by atoms with Gasteiger partial charge in [0, 0.05) is 30.3 Å². The number of benzene rings is 1. The Morgan fingerprint density at radius 2 is 1.87 bits per heavy atom. The summed E-state index contributed by atoms with van der Waals surface area (Å²) in [5, 5.41) is 6.62. The van der Waals surface area contributed by atoms with Crippen molar-refractivity contribution < 1.29 is 27.4 Å². The van der Waals surface area contributed by atoms with E-state index in [1.807, 2.05) is 11.5 Å². The Labute approximate surface area is 217 Å². The van der Waals surface area contributed by atoms with Gasteiger partial charge in [-0.05, 0) is 69.7 Å². The molecule has 2 atom stereocenters. The molecule has 2 aromatic heterocycles. The van der Waals surface area contributed by atoms with Crippen molar-refractivity contribution in [2.75, 3.05) is 17.2 Å². The maximum Gasteiger partial charge on any atom is 0.573 e. The van der Waals surface area contributed by atoms with Gasteiger partial charge in [0.05, 0.1) is 12.3 Å². The molecule has 1 aliphatic heterocycles. The molecule has 1 saturated heterocycles. The average Bonchev–Trinajstić information content (AvgIpc) is 3.21. The molecule has 13 heteroatoms. The van der Waals surface area contributed by atoms with Crippen molar-refractivity contribution in [3.05, 3.63) is 30.5 Å². The van der Waals surface area contributed by atoms with Crippen LogP contribution in [0.4, 0.5) is 30.8 Å². The lowest BCUT2D eigenvalue weighted by atomic mass is 9.85. The van der Waals surface area contributed by atoms with Crippen LogP contribution in [0, 0.1) is 5.92 Å². The first kappa shape index (κ1) is 26.0. The van der Waals surface area contributed by atoms with Crippen LogP contribution in [0.2, 0.25) is 0 Å². The van der Waals surface area contributed by atoms with E-state index in [2.05, 4.69) is 20.4 Å². The molecule has 1 amide bonds. The number of fused-ring (bicyclic) bond motifs is 1. The van der Waals surface area contributed by atoms with Crippen molar-refractivity contribution in [1.82, 2.24) is 19.5 Å². The van der Waals surface area contributed by atoms with Crippen molar-refractivity contribution in [2.24, 2.45) is 11.7 Å². The summed E-state index contributed by atoms with van der Waals surface area (Å²) in [6.45, 7) is 2.71. The number of aromatic nitrogens is 4. The van der Waals surface area contributed by atoms with Crippen molar-refractivity contribution in [3.8, 4) is 5.75 Å². The Hall–Kier alpha value is -3.61. The first-order valence-electron chi connectivity index (χ1n) is 12.7. The zero-order chi connectivity index (χ0) is 26.9. The van der Waals surface area contributed by atoms with E-state index in [9.17, 15) is 18.0 Å². The lowest BCUT2D eigenvalue weighted by Gasteiger charge is -2.29. The van der Waals surface area contributed by atoms with Gasteiger partial charge in [0.15, 0.2) is 5.65 Å². The minimum absolute atomic E-state index is 0.00297. The summed E-state index contributed by atoms with van der Waals surface area (Å²) < 4.78 is 49.2. The molecule has 0 unspecified atom stereocenters. The van der Waals surface area contributed by atoms with Crippen LogP contribution in [-0.4, -0.2) is 50.5 Å². The number of nitrogens with two attached hydrogens (primary N) is 1. The number of amides is 1. The topological polar surface area (TPSA) is 129 Å². The Morgan fingerprint density at radius 3 is 2.53 bits per heavy atom. The van der Waals surface area contributed by atoms with Crippen LogP contribution in [0.5, 0.6) is 5.75 Å². The van der Waals surface area contributed by atoms with Gasteiger partial charge in [0.25, 0.3) is 0 Å². The fourth-order valence-corrected chi connectivity index (χ4v) is 5.19. The third-order valence-corrected chi connectivity index (χ3v) is 7.06. The average molecular weight is 534 g/mol. The largest absolute Gasteiger partial charge is 0.573 e. The molecule has 1 aliphatic carbocycles. The van der Waals surface area contributed by atoms with E-state index in [1.165, 1.54) is 24.3 Å². The predicted octanol–water partition coefficient (Wildman–Crippen LogP) is 4.66. The van der Waals surface area contributed by atoms with Crippen LogP contribution in [0.15, 0.2) is 30.5 Å². The van der Waals surface area contributed by atoms with Gasteiger partial charge in [-0.2, -0.15) is 4.98 Å². The molecule has 10 nitrogen and oxygen atoms in total. The minimum atomic E-state index is -4.76. The number of alkyl halides is 3. The summed E-state index contributed by atoms with van der Waals surface area (Å²) >= 11 is 0. The number of halogens is 3. The summed E-state index contributed by atoms with van der Waals surface area (Å²) in [6, 6.07) is 5.62. The second-order valence-electron chi connectivity index (χ2n) is 9.86. The molecule has 2 aliphatic rings. The summed E-state index contributed by atoms with van der Waals surface area (Å²) in [7, 11) is 0. The second-order valence-corrected chi connectivity index (χ2v) is 9.86. The van der Waals surface area contributed by atoms with E-state index in [-0.39, 0.29) is 35.8 Å². The van der Waals surface area contributed by atoms with Gasteiger partial charge >= 0.3 is 6.36 Å². The number of anilines is 3. The zero-order valence-corrected chi connectivity index (χ0v) is 20.9. The molecule has 4 N–H and O–H groups in total. The maximum absolute atomic E-state index is 12.5. The van der Waals surface area contributed by atoms with Crippen molar-refractivity contribution >= 4 is 34.7 Å². The quantitative estimate of drug-likeness (QED) is 0.400. The number of hydrogen-bond donors (Lipinski definition) is 3. The van der Waals surface area contributed by atoms with E-state index in [1.54, 1.807) is 6.20 Å². The zero-order valence-electron chi connectivity index (χ0n) is 20.9. The first-order chi connectivity index (χ1) is 18.1. The highest BCUT2D eigenvalue weighted by Gasteiger charge is 2.31. The Balaban J connectivity index is 1.44. The number of ether oxygens (including phenoxy) is 2. The molecule has 2 fully saturated rings. The Morgan fingerprint density at radius 1 is 1.13 bits per heavy atom. The third-order valence-electron chi connectivity index (χ3n) is 7.06. The van der Waals surface area contributed by atoms with Gasteiger partial charge in [-0.3, -0.25) is 9.36 Å². The number of carbonyl (C=O) groups excluding carboxylic acids is 1. The van der Waals surface area contributed by atoms with Gasteiger partial charge in [-0.1, -0.05) is 0 Å². The summed E-state index contributed by atoms with van der Waals surface area (Å²) in [4.78, 5) is 25.7. The molecule has 1 saturated carbocycles. The smallest absolute Gasteiger partial charge is 0.406 e. The highest BCUT2D eigenvalue weighted by atomic mass is 19.4. The number of primary amides is 1. The molecule has 0 bridgehead atoms. The number of rotatable bonds is 7. The molecular formula is C25H30F3N7O3. The van der Waals surface area contributed by atoms with Gasteiger partial charge in [0.1, 0.15) is 11.3 Å². The van der Waals surface area contributed by atoms with E-state index in [0.29, 0.717) is 61.0 Å². The highest BCUT2D eigenvalue weighted by Crippen LogP contribution is 2.37. The third kappa shape index (κ3) is 6.09. The summed E-state index contributed by atoms with van der Waals surface area (Å²) in [5.41, 5.74) is 7.27. The first-order valence-corrected chi connectivity index (χ1v) is 12.7. The fourth-order valence-electron chi connectivity index (χ4n) is 5.19. The molecule has 0 spiro atoms. The molecule has 204 valence electrons. The summed E-state index contributed by atoms with van der Waals surface area (Å²) in [5.74, 6) is 0.200. The second kappa shape index (κ2) is 10.6. The van der Waals surface area contributed by atoms with Crippen LogP contribution in [0.25, 0.3) is 11.2 Å². The maximum atomic E-state index is 12.5. The van der Waals surface area contributed by atoms with Gasteiger partial charge in [0.2, 0.25) is 17.8 Å². The van der Waals surface area contributed by atoms with Crippen LogP contribution in [0.1, 0.15) is 51.5 Å². The Kier molecular flexibility index (Phi) is 7.28. The van der Waals surface area contributed by atoms with Gasteiger partial charge in [-0.25, -0.2) is 9.97 Å².